The van der Waals surface area contributed by atoms with Crippen LogP contribution in [0.5, 0.6) is 0 Å². The Balaban J connectivity index is 1.92. The van der Waals surface area contributed by atoms with Crippen molar-refractivity contribution in [3.05, 3.63) is 30.7 Å². The first kappa shape index (κ1) is 14.4. The second-order valence-electron chi connectivity index (χ2n) is 5.53. The predicted octanol–water partition coefficient (Wildman–Crippen LogP) is 2.18. The van der Waals surface area contributed by atoms with E-state index in [2.05, 4.69) is 34.2 Å². The van der Waals surface area contributed by atoms with Crippen LogP contribution in [0.2, 0.25) is 0 Å². The van der Waals surface area contributed by atoms with Gasteiger partial charge in [-0.25, -0.2) is 9.78 Å². The van der Waals surface area contributed by atoms with Crippen LogP contribution in [0.1, 0.15) is 0 Å². The zero-order chi connectivity index (χ0) is 15.7. The number of anilines is 2. The minimum atomic E-state index is -1.12. The zero-order valence-electron chi connectivity index (χ0n) is 12.5. The third kappa shape index (κ3) is 2.75. The Bertz CT molecular complexity index is 663. The lowest BCUT2D eigenvalue weighted by atomic mass is 10.0. The molecule has 1 aliphatic heterocycles. The Hall–Kier alpha value is -2.54. The third-order valence-electron chi connectivity index (χ3n) is 3.83. The summed E-state index contributed by atoms with van der Waals surface area (Å²) in [4.78, 5) is 19.6. The van der Waals surface area contributed by atoms with Gasteiger partial charge in [0.05, 0.1) is 12.5 Å². The van der Waals surface area contributed by atoms with E-state index in [1.165, 1.54) is 0 Å². The molecular formula is C15H18N4O3. The van der Waals surface area contributed by atoms with Crippen LogP contribution in [0.25, 0.3) is 11.1 Å². The Kier molecular flexibility index (Phi) is 3.72. The molecule has 1 saturated heterocycles. The van der Waals surface area contributed by atoms with Crippen LogP contribution in [0.15, 0.2) is 35.1 Å². The summed E-state index contributed by atoms with van der Waals surface area (Å²) in [6.07, 6.45) is 2.15. The Morgan fingerprint density at radius 1 is 1.41 bits per heavy atom. The molecule has 22 heavy (non-hydrogen) atoms. The van der Waals surface area contributed by atoms with E-state index in [1.807, 2.05) is 12.1 Å². The van der Waals surface area contributed by atoms with Crippen molar-refractivity contribution < 1.29 is 14.3 Å². The van der Waals surface area contributed by atoms with Gasteiger partial charge in [0.1, 0.15) is 11.6 Å². The highest BCUT2D eigenvalue weighted by atomic mass is 16.4. The number of furan rings is 1. The highest BCUT2D eigenvalue weighted by Crippen LogP contribution is 2.33. The number of nitrogens with zero attached hydrogens (tertiary/aromatic N) is 3. The van der Waals surface area contributed by atoms with Crippen molar-refractivity contribution in [2.24, 2.45) is 0 Å². The maximum absolute atomic E-state index is 10.8. The number of rotatable bonds is 4. The summed E-state index contributed by atoms with van der Waals surface area (Å²) in [7, 11) is 4.10. The number of carboxylic acid groups (broad SMARTS) is 1. The van der Waals surface area contributed by atoms with E-state index in [1.54, 1.807) is 18.6 Å². The minimum Gasteiger partial charge on any atom is -0.472 e. The molecule has 0 saturated carbocycles. The zero-order valence-corrected chi connectivity index (χ0v) is 12.5. The molecule has 2 aromatic heterocycles. The molecule has 1 fully saturated rings. The summed E-state index contributed by atoms with van der Waals surface area (Å²) < 4.78 is 5.15. The fraction of sp³-hybridized carbons (Fsp3) is 0.333. The first-order valence-electron chi connectivity index (χ1n) is 6.99. The molecule has 0 bridgehead atoms. The Labute approximate surface area is 128 Å². The maximum atomic E-state index is 10.8. The molecule has 3 heterocycles. The van der Waals surface area contributed by atoms with E-state index < -0.39 is 6.09 Å². The number of nitrogens with one attached hydrogen (secondary N) is 1. The summed E-state index contributed by atoms with van der Waals surface area (Å²) in [6.45, 7) is 1.72. The lowest BCUT2D eigenvalue weighted by Crippen LogP contribution is -2.57. The molecule has 3 rings (SSSR count). The fourth-order valence-electron chi connectivity index (χ4n) is 2.47. The molecule has 1 aliphatic rings. The van der Waals surface area contributed by atoms with Crippen molar-refractivity contribution in [1.82, 2.24) is 9.88 Å². The van der Waals surface area contributed by atoms with Crippen LogP contribution in [0.3, 0.4) is 0 Å². The number of hydrogen-bond donors (Lipinski definition) is 2. The van der Waals surface area contributed by atoms with Crippen LogP contribution >= 0.6 is 0 Å². The number of hydrogen-bond acceptors (Lipinski definition) is 5. The van der Waals surface area contributed by atoms with E-state index in [-0.39, 0.29) is 0 Å². The highest BCUT2D eigenvalue weighted by molar-refractivity contribution is 5.84. The summed E-state index contributed by atoms with van der Waals surface area (Å²) in [6, 6.07) is 5.87. The van der Waals surface area contributed by atoms with Gasteiger partial charge in [-0.3, -0.25) is 5.32 Å². The SMILES string of the molecule is CN(C)C1CN(c2nc(NC(=O)O)ccc2-c2ccoc2)C1. The van der Waals surface area contributed by atoms with Gasteiger partial charge >= 0.3 is 6.09 Å². The van der Waals surface area contributed by atoms with Crippen molar-refractivity contribution in [2.75, 3.05) is 37.4 Å². The number of likely N-dealkylation sites (N-methyl/N-ethyl adjacent to an activating group) is 1. The molecule has 0 radical (unpaired) electrons. The van der Waals surface area contributed by atoms with Gasteiger partial charge in [0, 0.05) is 30.3 Å². The van der Waals surface area contributed by atoms with Crippen molar-refractivity contribution in [2.45, 2.75) is 6.04 Å². The van der Waals surface area contributed by atoms with Gasteiger partial charge in [0.2, 0.25) is 0 Å². The average Bonchev–Trinajstić information content (AvgIpc) is 2.89. The predicted molar refractivity (Wildman–Crippen MR) is 83.3 cm³/mol. The molecule has 7 nitrogen and oxygen atoms in total. The topological polar surface area (TPSA) is 81.8 Å². The monoisotopic (exact) mass is 302 g/mol. The molecule has 0 atom stereocenters. The number of carbonyl (C=O) groups is 1. The summed E-state index contributed by atoms with van der Waals surface area (Å²) in [5.41, 5.74) is 1.86. The van der Waals surface area contributed by atoms with Crippen LogP contribution < -0.4 is 10.2 Å². The van der Waals surface area contributed by atoms with Gasteiger partial charge in [-0.15, -0.1) is 0 Å². The maximum Gasteiger partial charge on any atom is 0.410 e. The van der Waals surface area contributed by atoms with Crippen molar-refractivity contribution >= 4 is 17.7 Å². The van der Waals surface area contributed by atoms with E-state index in [0.29, 0.717) is 11.9 Å². The average molecular weight is 302 g/mol. The van der Waals surface area contributed by atoms with Gasteiger partial charge in [-0.2, -0.15) is 0 Å². The Morgan fingerprint density at radius 3 is 2.77 bits per heavy atom. The first-order chi connectivity index (χ1) is 10.5. The lowest BCUT2D eigenvalue weighted by molar-refractivity contribution is 0.209. The molecule has 2 aromatic rings. The molecule has 0 aromatic carbocycles. The standard InChI is InChI=1S/C15H18N4O3/c1-18(2)11-7-19(8-11)14-12(10-5-6-22-9-10)3-4-13(16-14)17-15(20)21/h3-6,9,11H,7-8H2,1-2H3,(H,16,17)(H,20,21). The quantitative estimate of drug-likeness (QED) is 0.901. The van der Waals surface area contributed by atoms with Gasteiger partial charge in [-0.1, -0.05) is 0 Å². The molecule has 0 spiro atoms. The first-order valence-corrected chi connectivity index (χ1v) is 6.99. The number of aromatic nitrogens is 1. The van der Waals surface area contributed by atoms with E-state index in [9.17, 15) is 4.79 Å². The Morgan fingerprint density at radius 2 is 2.18 bits per heavy atom. The molecule has 1 amide bonds. The summed E-state index contributed by atoms with van der Waals surface area (Å²) in [5.74, 6) is 1.09. The van der Waals surface area contributed by atoms with Gasteiger partial charge in [0.25, 0.3) is 0 Å². The molecule has 0 unspecified atom stereocenters. The third-order valence-corrected chi connectivity index (χ3v) is 3.83. The number of pyridine rings is 1. The van der Waals surface area contributed by atoms with Gasteiger partial charge in [-0.05, 0) is 32.3 Å². The number of amides is 1. The van der Waals surface area contributed by atoms with E-state index in [0.717, 1.165) is 30.0 Å². The van der Waals surface area contributed by atoms with Crippen molar-refractivity contribution in [3.8, 4) is 11.1 Å². The van der Waals surface area contributed by atoms with Gasteiger partial charge < -0.3 is 19.3 Å². The second kappa shape index (κ2) is 5.69. The summed E-state index contributed by atoms with van der Waals surface area (Å²) in [5, 5.41) is 11.1. The lowest BCUT2D eigenvalue weighted by Gasteiger charge is -2.44. The molecular weight excluding hydrogens is 284 g/mol. The van der Waals surface area contributed by atoms with E-state index in [4.69, 9.17) is 9.52 Å². The molecule has 7 heteroatoms. The van der Waals surface area contributed by atoms with Crippen molar-refractivity contribution in [1.29, 1.82) is 0 Å². The highest BCUT2D eigenvalue weighted by Gasteiger charge is 2.31. The van der Waals surface area contributed by atoms with Gasteiger partial charge in [0.15, 0.2) is 0 Å². The van der Waals surface area contributed by atoms with Crippen LogP contribution in [-0.2, 0) is 0 Å². The largest absolute Gasteiger partial charge is 0.472 e. The minimum absolute atomic E-state index is 0.322. The van der Waals surface area contributed by atoms with Crippen LogP contribution in [-0.4, -0.2) is 54.3 Å². The van der Waals surface area contributed by atoms with Crippen LogP contribution in [0, 0.1) is 0 Å². The van der Waals surface area contributed by atoms with Crippen LogP contribution in [0.4, 0.5) is 16.4 Å². The second-order valence-corrected chi connectivity index (χ2v) is 5.53. The van der Waals surface area contributed by atoms with E-state index >= 15 is 0 Å². The molecule has 0 aliphatic carbocycles. The van der Waals surface area contributed by atoms with Crippen molar-refractivity contribution in [3.63, 3.8) is 0 Å². The molecule has 116 valence electrons. The summed E-state index contributed by atoms with van der Waals surface area (Å²) >= 11 is 0. The normalized spacial score (nSPS) is 15.0. The fourth-order valence-corrected chi connectivity index (χ4v) is 2.47. The molecule has 2 N–H and O–H groups in total. The smallest absolute Gasteiger partial charge is 0.410 e.